The Labute approximate surface area is 188 Å². The summed E-state index contributed by atoms with van der Waals surface area (Å²) in [6.07, 6.45) is 9.79. The molecule has 0 radical (unpaired) electrons. The van der Waals surface area contributed by atoms with Crippen LogP contribution < -0.4 is 4.74 Å². The Hall–Kier alpha value is -2.96. The van der Waals surface area contributed by atoms with E-state index < -0.39 is 0 Å². The number of piperidine rings is 1. The summed E-state index contributed by atoms with van der Waals surface area (Å²) in [6, 6.07) is 8.36. The van der Waals surface area contributed by atoms with Gasteiger partial charge in [-0.1, -0.05) is 25.0 Å². The first-order valence-electron chi connectivity index (χ1n) is 11.7. The number of carbonyl (C=O) groups excluding carboxylic acids is 2. The van der Waals surface area contributed by atoms with Crippen molar-refractivity contribution in [1.82, 2.24) is 19.8 Å². The summed E-state index contributed by atoms with van der Waals surface area (Å²) in [5.74, 6) is 1.65. The molecule has 3 aliphatic rings. The molecule has 2 amide bonds. The molecule has 3 heterocycles. The van der Waals surface area contributed by atoms with Crippen molar-refractivity contribution in [1.29, 1.82) is 0 Å². The van der Waals surface area contributed by atoms with E-state index in [0.29, 0.717) is 24.7 Å². The van der Waals surface area contributed by atoms with Gasteiger partial charge in [-0.3, -0.25) is 14.6 Å². The number of amides is 2. The van der Waals surface area contributed by atoms with Gasteiger partial charge in [-0.15, -0.1) is 0 Å². The highest BCUT2D eigenvalue weighted by Crippen LogP contribution is 2.43. The van der Waals surface area contributed by atoms with Crippen molar-refractivity contribution in [2.45, 2.75) is 44.1 Å². The highest BCUT2D eigenvalue weighted by molar-refractivity contribution is 5.92. The average Bonchev–Trinajstić information content (AvgIpc) is 3.52. The summed E-state index contributed by atoms with van der Waals surface area (Å²) in [5.41, 5.74) is 1.58. The number of hydrogen-bond acceptors (Lipinski definition) is 5. The zero-order valence-electron chi connectivity index (χ0n) is 18.5. The van der Waals surface area contributed by atoms with Gasteiger partial charge in [-0.2, -0.15) is 0 Å². The van der Waals surface area contributed by atoms with E-state index in [2.05, 4.69) is 27.0 Å². The van der Waals surface area contributed by atoms with E-state index in [9.17, 15) is 9.59 Å². The minimum atomic E-state index is -0.0781. The van der Waals surface area contributed by atoms with Crippen LogP contribution in [0.2, 0.25) is 0 Å². The number of fused-ring (bicyclic) bond motifs is 1. The number of likely N-dealkylation sites (tertiary alicyclic amines) is 2. The van der Waals surface area contributed by atoms with Gasteiger partial charge in [0.2, 0.25) is 5.91 Å². The maximum Gasteiger partial charge on any atom is 0.274 e. The van der Waals surface area contributed by atoms with Gasteiger partial charge in [-0.25, -0.2) is 4.98 Å². The van der Waals surface area contributed by atoms with Gasteiger partial charge in [0.1, 0.15) is 11.4 Å². The molecule has 0 unspecified atom stereocenters. The summed E-state index contributed by atoms with van der Waals surface area (Å²) in [6.45, 7) is 2.00. The Morgan fingerprint density at radius 1 is 1.03 bits per heavy atom. The number of carbonyl (C=O) groups is 2. The Balaban J connectivity index is 1.41. The summed E-state index contributed by atoms with van der Waals surface area (Å²) in [7, 11) is 1.67. The van der Waals surface area contributed by atoms with E-state index in [0.717, 1.165) is 44.4 Å². The van der Waals surface area contributed by atoms with Crippen LogP contribution in [0.5, 0.6) is 5.75 Å². The van der Waals surface area contributed by atoms with Crippen LogP contribution >= 0.6 is 0 Å². The third-order valence-electron chi connectivity index (χ3n) is 7.53. The molecule has 0 N–H and O–H groups in total. The zero-order valence-corrected chi connectivity index (χ0v) is 18.5. The standard InChI is InChI=1S/C25H30N4O3/c1-32-19-8-6-17(7-9-19)20-16-29(24(30)18-4-2-3-5-18)23-10-13-28(15-21(20)23)25(31)22-14-26-11-12-27-22/h6-9,11-12,14,18,20-21,23H,2-5,10,13,15-16H2,1H3/t20-,21-,23-/m1/s1. The minimum Gasteiger partial charge on any atom is -0.497 e. The van der Waals surface area contributed by atoms with E-state index in [1.807, 2.05) is 17.0 Å². The van der Waals surface area contributed by atoms with Crippen molar-refractivity contribution in [3.8, 4) is 5.75 Å². The molecule has 3 atom stereocenters. The summed E-state index contributed by atoms with van der Waals surface area (Å²) >= 11 is 0. The fourth-order valence-electron chi connectivity index (χ4n) is 5.86. The second kappa shape index (κ2) is 8.88. The molecule has 168 valence electrons. The molecule has 7 nitrogen and oxygen atoms in total. The molecule has 1 aromatic heterocycles. The first kappa shape index (κ1) is 20.9. The first-order valence-corrected chi connectivity index (χ1v) is 11.7. The maximum absolute atomic E-state index is 13.4. The number of methoxy groups -OCH3 is 1. The summed E-state index contributed by atoms with van der Waals surface area (Å²) in [4.78, 5) is 38.8. The number of nitrogens with zero attached hydrogens (tertiary/aromatic N) is 4. The van der Waals surface area contributed by atoms with Crippen molar-refractivity contribution >= 4 is 11.8 Å². The Bertz CT molecular complexity index is 959. The summed E-state index contributed by atoms with van der Waals surface area (Å²) in [5, 5.41) is 0. The molecule has 0 spiro atoms. The molecule has 0 bridgehead atoms. The van der Waals surface area contributed by atoms with Gasteiger partial charge in [0, 0.05) is 55.8 Å². The molecule has 1 aromatic carbocycles. The topological polar surface area (TPSA) is 75.6 Å². The van der Waals surface area contributed by atoms with Crippen LogP contribution in [0.3, 0.4) is 0 Å². The monoisotopic (exact) mass is 434 g/mol. The SMILES string of the molecule is COc1ccc([C@H]2CN(C(=O)C3CCCC3)[C@@H]3CCN(C(=O)c4cnccn4)C[C@H]23)cc1. The number of rotatable bonds is 4. The van der Waals surface area contributed by atoms with Gasteiger partial charge in [0.25, 0.3) is 5.91 Å². The molecule has 32 heavy (non-hydrogen) atoms. The van der Waals surface area contributed by atoms with Crippen molar-refractivity contribution < 1.29 is 14.3 Å². The third kappa shape index (κ3) is 3.85. The van der Waals surface area contributed by atoms with Crippen LogP contribution in [0.1, 0.15) is 54.1 Å². The fourth-order valence-corrected chi connectivity index (χ4v) is 5.86. The highest BCUT2D eigenvalue weighted by atomic mass is 16.5. The van der Waals surface area contributed by atoms with Crippen LogP contribution in [-0.4, -0.2) is 64.4 Å². The van der Waals surface area contributed by atoms with Crippen molar-refractivity contribution in [2.75, 3.05) is 26.7 Å². The molecule has 2 aliphatic heterocycles. The van der Waals surface area contributed by atoms with E-state index in [-0.39, 0.29) is 29.7 Å². The minimum absolute atomic E-state index is 0.0781. The van der Waals surface area contributed by atoms with Crippen LogP contribution in [-0.2, 0) is 4.79 Å². The predicted molar refractivity (Wildman–Crippen MR) is 119 cm³/mol. The lowest BCUT2D eigenvalue weighted by molar-refractivity contribution is -0.137. The molecular weight excluding hydrogens is 404 g/mol. The molecule has 7 heteroatoms. The number of ether oxygens (including phenoxy) is 1. The van der Waals surface area contributed by atoms with E-state index in [1.165, 1.54) is 11.8 Å². The maximum atomic E-state index is 13.4. The van der Waals surface area contributed by atoms with Crippen LogP contribution in [0.15, 0.2) is 42.9 Å². The second-order valence-corrected chi connectivity index (χ2v) is 9.21. The van der Waals surface area contributed by atoms with Gasteiger partial charge < -0.3 is 14.5 Å². The van der Waals surface area contributed by atoms with E-state index >= 15 is 0 Å². The van der Waals surface area contributed by atoms with Crippen molar-refractivity contribution in [3.05, 3.63) is 54.1 Å². The number of benzene rings is 1. The van der Waals surface area contributed by atoms with Crippen molar-refractivity contribution in [3.63, 3.8) is 0 Å². The van der Waals surface area contributed by atoms with Gasteiger partial charge in [0.05, 0.1) is 13.3 Å². The van der Waals surface area contributed by atoms with Crippen LogP contribution in [0.25, 0.3) is 0 Å². The molecule has 2 saturated heterocycles. The molecule has 1 saturated carbocycles. The normalized spacial score (nSPS) is 25.6. The largest absolute Gasteiger partial charge is 0.497 e. The Morgan fingerprint density at radius 3 is 2.50 bits per heavy atom. The Kier molecular flexibility index (Phi) is 5.81. The molecule has 2 aromatic rings. The first-order chi connectivity index (χ1) is 15.7. The lowest BCUT2D eigenvalue weighted by Crippen LogP contribution is -2.50. The number of hydrogen-bond donors (Lipinski definition) is 0. The second-order valence-electron chi connectivity index (χ2n) is 9.21. The van der Waals surface area contributed by atoms with Gasteiger partial charge >= 0.3 is 0 Å². The van der Waals surface area contributed by atoms with E-state index in [4.69, 9.17) is 4.74 Å². The van der Waals surface area contributed by atoms with Crippen LogP contribution in [0, 0.1) is 11.8 Å². The summed E-state index contributed by atoms with van der Waals surface area (Å²) < 4.78 is 5.33. The average molecular weight is 435 g/mol. The van der Waals surface area contributed by atoms with Crippen molar-refractivity contribution in [2.24, 2.45) is 11.8 Å². The highest BCUT2D eigenvalue weighted by Gasteiger charge is 2.48. The lowest BCUT2D eigenvalue weighted by Gasteiger charge is -2.39. The fraction of sp³-hybridized carbons (Fsp3) is 0.520. The molecule has 3 fully saturated rings. The third-order valence-corrected chi connectivity index (χ3v) is 7.53. The molecule has 5 rings (SSSR count). The Morgan fingerprint density at radius 2 is 1.81 bits per heavy atom. The molecular formula is C25H30N4O3. The zero-order chi connectivity index (χ0) is 22.1. The number of aromatic nitrogens is 2. The quantitative estimate of drug-likeness (QED) is 0.739. The predicted octanol–water partition coefficient (Wildman–Crippen LogP) is 3.13. The van der Waals surface area contributed by atoms with Gasteiger partial charge in [0.15, 0.2) is 0 Å². The smallest absolute Gasteiger partial charge is 0.274 e. The lowest BCUT2D eigenvalue weighted by atomic mass is 9.81. The van der Waals surface area contributed by atoms with Gasteiger partial charge in [-0.05, 0) is 37.0 Å². The van der Waals surface area contributed by atoms with E-state index in [1.54, 1.807) is 19.5 Å². The van der Waals surface area contributed by atoms with Crippen LogP contribution in [0.4, 0.5) is 0 Å². The molecule has 1 aliphatic carbocycles.